The Labute approximate surface area is 134 Å². The molecular formula is C22H26. The Hall–Kier alpha value is -2.34. The van der Waals surface area contributed by atoms with Gasteiger partial charge in [-0.25, -0.2) is 0 Å². The average Bonchev–Trinajstić information content (AvgIpc) is 2.63. The fourth-order valence-electron chi connectivity index (χ4n) is 2.54. The SMILES string of the molecule is C=Cc1ccc2ccc3ccccc3c2c1C=C.CC.CC. The van der Waals surface area contributed by atoms with Gasteiger partial charge in [-0.05, 0) is 32.7 Å². The van der Waals surface area contributed by atoms with E-state index in [-0.39, 0.29) is 0 Å². The van der Waals surface area contributed by atoms with E-state index in [9.17, 15) is 0 Å². The van der Waals surface area contributed by atoms with Crippen molar-refractivity contribution in [3.8, 4) is 0 Å². The molecule has 0 spiro atoms. The minimum absolute atomic E-state index is 1.13. The zero-order valence-electron chi connectivity index (χ0n) is 14.2. The van der Waals surface area contributed by atoms with Crippen LogP contribution in [0.15, 0.2) is 61.7 Å². The van der Waals surface area contributed by atoms with Crippen LogP contribution in [0.1, 0.15) is 38.8 Å². The molecule has 0 fully saturated rings. The van der Waals surface area contributed by atoms with E-state index in [1.807, 2.05) is 39.8 Å². The van der Waals surface area contributed by atoms with Crippen LogP contribution in [0.3, 0.4) is 0 Å². The van der Waals surface area contributed by atoms with Crippen LogP contribution in [0, 0.1) is 0 Å². The van der Waals surface area contributed by atoms with E-state index in [1.165, 1.54) is 27.1 Å². The molecule has 0 saturated carbocycles. The molecule has 0 aliphatic heterocycles. The molecule has 0 heteroatoms. The van der Waals surface area contributed by atoms with Crippen LogP contribution in [0.5, 0.6) is 0 Å². The number of hydrogen-bond donors (Lipinski definition) is 0. The number of rotatable bonds is 2. The van der Waals surface area contributed by atoms with E-state index in [1.54, 1.807) is 0 Å². The first-order valence-electron chi connectivity index (χ1n) is 8.04. The third-order valence-corrected chi connectivity index (χ3v) is 3.41. The van der Waals surface area contributed by atoms with Crippen LogP contribution >= 0.6 is 0 Å². The largest absolute Gasteiger partial charge is 0.0984 e. The van der Waals surface area contributed by atoms with E-state index in [0.29, 0.717) is 0 Å². The summed E-state index contributed by atoms with van der Waals surface area (Å²) >= 11 is 0. The molecule has 0 unspecified atom stereocenters. The second-order valence-corrected chi connectivity index (χ2v) is 4.36. The minimum atomic E-state index is 1.13. The highest BCUT2D eigenvalue weighted by atomic mass is 14.1. The molecule has 0 aliphatic carbocycles. The Morgan fingerprint density at radius 1 is 0.682 bits per heavy atom. The van der Waals surface area contributed by atoms with Crippen molar-refractivity contribution in [3.05, 3.63) is 72.8 Å². The lowest BCUT2D eigenvalue weighted by atomic mass is 9.94. The second-order valence-electron chi connectivity index (χ2n) is 4.36. The Balaban J connectivity index is 0.000000561. The Morgan fingerprint density at radius 2 is 1.27 bits per heavy atom. The zero-order valence-corrected chi connectivity index (χ0v) is 14.2. The van der Waals surface area contributed by atoms with Gasteiger partial charge in [0, 0.05) is 0 Å². The first kappa shape index (κ1) is 17.7. The highest BCUT2D eigenvalue weighted by Crippen LogP contribution is 2.31. The molecule has 3 rings (SSSR count). The second kappa shape index (κ2) is 8.84. The molecule has 0 N–H and O–H groups in total. The van der Waals surface area contributed by atoms with Crippen LogP contribution in [0.4, 0.5) is 0 Å². The summed E-state index contributed by atoms with van der Waals surface area (Å²) in [5.74, 6) is 0. The maximum absolute atomic E-state index is 3.95. The van der Waals surface area contributed by atoms with Crippen LogP contribution in [0.2, 0.25) is 0 Å². The summed E-state index contributed by atoms with van der Waals surface area (Å²) in [6, 6.07) is 17.0. The van der Waals surface area contributed by atoms with Crippen molar-refractivity contribution in [1.82, 2.24) is 0 Å². The highest BCUT2D eigenvalue weighted by molar-refractivity contribution is 6.12. The van der Waals surface area contributed by atoms with Crippen molar-refractivity contribution in [2.75, 3.05) is 0 Å². The van der Waals surface area contributed by atoms with E-state index in [0.717, 1.165) is 5.56 Å². The van der Waals surface area contributed by atoms with Crippen molar-refractivity contribution in [3.63, 3.8) is 0 Å². The van der Waals surface area contributed by atoms with Crippen molar-refractivity contribution in [1.29, 1.82) is 0 Å². The van der Waals surface area contributed by atoms with Gasteiger partial charge in [-0.2, -0.15) is 0 Å². The van der Waals surface area contributed by atoms with Gasteiger partial charge in [0.15, 0.2) is 0 Å². The van der Waals surface area contributed by atoms with Gasteiger partial charge in [0.25, 0.3) is 0 Å². The van der Waals surface area contributed by atoms with E-state index in [2.05, 4.69) is 61.7 Å². The monoisotopic (exact) mass is 290 g/mol. The van der Waals surface area contributed by atoms with Crippen molar-refractivity contribution in [2.45, 2.75) is 27.7 Å². The fourth-order valence-corrected chi connectivity index (χ4v) is 2.54. The number of benzene rings is 3. The quantitative estimate of drug-likeness (QED) is 0.433. The van der Waals surface area contributed by atoms with E-state index >= 15 is 0 Å². The molecule has 22 heavy (non-hydrogen) atoms. The summed E-state index contributed by atoms with van der Waals surface area (Å²) in [6.07, 6.45) is 3.81. The van der Waals surface area contributed by atoms with Crippen LogP contribution in [-0.2, 0) is 0 Å². The van der Waals surface area contributed by atoms with Crippen LogP contribution in [0.25, 0.3) is 33.7 Å². The smallest absolute Gasteiger partial charge is 0.00270 e. The summed E-state index contributed by atoms with van der Waals surface area (Å²) in [7, 11) is 0. The first-order chi connectivity index (χ1) is 10.8. The van der Waals surface area contributed by atoms with E-state index < -0.39 is 0 Å². The molecule has 0 heterocycles. The number of fused-ring (bicyclic) bond motifs is 3. The summed E-state index contributed by atoms with van der Waals surface area (Å²) in [5.41, 5.74) is 2.30. The third-order valence-electron chi connectivity index (χ3n) is 3.41. The summed E-state index contributed by atoms with van der Waals surface area (Å²) in [4.78, 5) is 0. The molecule has 3 aromatic carbocycles. The molecule has 0 bridgehead atoms. The maximum atomic E-state index is 3.95. The van der Waals surface area contributed by atoms with Gasteiger partial charge in [-0.15, -0.1) is 0 Å². The lowest BCUT2D eigenvalue weighted by Gasteiger charge is -2.10. The van der Waals surface area contributed by atoms with Crippen LogP contribution in [-0.4, -0.2) is 0 Å². The molecule has 3 aromatic rings. The van der Waals surface area contributed by atoms with Gasteiger partial charge in [0.1, 0.15) is 0 Å². The lowest BCUT2D eigenvalue weighted by molar-refractivity contribution is 1.50. The predicted molar refractivity (Wildman–Crippen MR) is 104 cm³/mol. The molecule has 0 aliphatic rings. The third kappa shape index (κ3) is 3.28. The zero-order chi connectivity index (χ0) is 16.5. The Bertz CT molecular complexity index is 763. The molecule has 0 amide bonds. The number of hydrogen-bond acceptors (Lipinski definition) is 0. The van der Waals surface area contributed by atoms with Gasteiger partial charge >= 0.3 is 0 Å². The standard InChI is InChI=1S/C18H14.2C2H6/c1-3-13-9-11-15-12-10-14-7-5-6-8-17(14)18(15)16(13)4-2;2*1-2/h3-12H,1-2H2;2*1-2H3. The lowest BCUT2D eigenvalue weighted by Crippen LogP contribution is -1.86. The Morgan fingerprint density at radius 3 is 1.91 bits per heavy atom. The molecule has 0 atom stereocenters. The topological polar surface area (TPSA) is 0 Å². The Kier molecular flexibility index (Phi) is 7.12. The molecule has 0 nitrogen and oxygen atoms in total. The maximum Gasteiger partial charge on any atom is -0.00270 e. The molecule has 0 saturated heterocycles. The van der Waals surface area contributed by atoms with Crippen LogP contribution < -0.4 is 0 Å². The molecule has 0 aromatic heterocycles. The van der Waals surface area contributed by atoms with Crippen molar-refractivity contribution < 1.29 is 0 Å². The fraction of sp³-hybridized carbons (Fsp3) is 0.182. The van der Waals surface area contributed by atoms with Gasteiger partial charge in [-0.1, -0.05) is 102 Å². The normalized spacial score (nSPS) is 9.27. The summed E-state index contributed by atoms with van der Waals surface area (Å²) < 4.78 is 0. The van der Waals surface area contributed by atoms with Gasteiger partial charge in [0.2, 0.25) is 0 Å². The summed E-state index contributed by atoms with van der Waals surface area (Å²) in [5, 5.41) is 5.04. The minimum Gasteiger partial charge on any atom is -0.0984 e. The highest BCUT2D eigenvalue weighted by Gasteiger charge is 2.06. The van der Waals surface area contributed by atoms with Gasteiger partial charge < -0.3 is 0 Å². The molecular weight excluding hydrogens is 264 g/mol. The summed E-state index contributed by atoms with van der Waals surface area (Å²) in [6.45, 7) is 15.8. The predicted octanol–water partition coefficient (Wildman–Crippen LogP) is 7.33. The van der Waals surface area contributed by atoms with Gasteiger partial charge in [-0.3, -0.25) is 0 Å². The van der Waals surface area contributed by atoms with Crippen molar-refractivity contribution in [2.24, 2.45) is 0 Å². The van der Waals surface area contributed by atoms with Crippen molar-refractivity contribution >= 4 is 33.7 Å². The van der Waals surface area contributed by atoms with Gasteiger partial charge in [0.05, 0.1) is 0 Å². The molecule has 0 radical (unpaired) electrons. The van der Waals surface area contributed by atoms with E-state index in [4.69, 9.17) is 0 Å². The average molecular weight is 290 g/mol. The molecule has 114 valence electrons. The first-order valence-corrected chi connectivity index (χ1v) is 8.04.